The van der Waals surface area contributed by atoms with Crippen LogP contribution in [0, 0.1) is 0 Å². The molecule has 0 aliphatic carbocycles. The fraction of sp³-hybridized carbons (Fsp3) is 0.0741. The molecule has 3 aromatic carbocycles. The number of ether oxygens (including phenoxy) is 1. The number of rotatable bonds is 7. The number of benzene rings is 3. The van der Waals surface area contributed by atoms with E-state index in [1.165, 1.54) is 6.07 Å². The lowest BCUT2D eigenvalue weighted by Gasteiger charge is -2.10. The highest BCUT2D eigenvalue weighted by molar-refractivity contribution is 7.90. The van der Waals surface area contributed by atoms with Gasteiger partial charge in [0, 0.05) is 29.6 Å². The standard InChI is InChI=1S/C27H22N4O4S/c32-27(29-17-19-6-5-8-23(16-19)35-18-22-7-3-4-15-28-22)20-11-13-21(14-12-20)30-26-24-9-1-2-10-25(24)36(33,34)31-26/h1-16H,17-18H2,(H,29,32)(H,30,31). The van der Waals surface area contributed by atoms with Crippen LogP contribution in [0.15, 0.2) is 106 Å². The lowest BCUT2D eigenvalue weighted by molar-refractivity contribution is 0.0951. The molecule has 0 saturated carbocycles. The maximum Gasteiger partial charge on any atom is 0.285 e. The van der Waals surface area contributed by atoms with Gasteiger partial charge in [-0.05, 0) is 66.2 Å². The summed E-state index contributed by atoms with van der Waals surface area (Å²) >= 11 is 0. The quantitative estimate of drug-likeness (QED) is 0.396. The van der Waals surface area contributed by atoms with E-state index in [0.717, 1.165) is 11.3 Å². The molecular weight excluding hydrogens is 476 g/mol. The zero-order chi connectivity index (χ0) is 25.0. The molecule has 2 N–H and O–H groups in total. The summed E-state index contributed by atoms with van der Waals surface area (Å²) in [6, 6.07) is 26.6. The number of amidine groups is 1. The molecule has 1 aromatic heterocycles. The molecule has 36 heavy (non-hydrogen) atoms. The van der Waals surface area contributed by atoms with E-state index in [1.807, 2.05) is 42.5 Å². The van der Waals surface area contributed by atoms with Gasteiger partial charge in [-0.2, -0.15) is 8.42 Å². The van der Waals surface area contributed by atoms with Crippen molar-refractivity contribution < 1.29 is 17.9 Å². The van der Waals surface area contributed by atoms with Gasteiger partial charge in [-0.1, -0.05) is 30.3 Å². The van der Waals surface area contributed by atoms with Crippen molar-refractivity contribution in [3.8, 4) is 5.75 Å². The number of carbonyl (C=O) groups excluding carboxylic acids is 1. The first-order valence-corrected chi connectivity index (χ1v) is 12.6. The maximum absolute atomic E-state index is 12.6. The molecule has 0 fully saturated rings. The summed E-state index contributed by atoms with van der Waals surface area (Å²) in [7, 11) is -3.70. The Hall–Kier alpha value is -4.50. The number of hydrogen-bond donors (Lipinski definition) is 2. The van der Waals surface area contributed by atoms with Gasteiger partial charge in [-0.15, -0.1) is 4.40 Å². The lowest BCUT2D eigenvalue weighted by Crippen LogP contribution is -2.22. The van der Waals surface area contributed by atoms with Crippen LogP contribution < -0.4 is 15.4 Å². The molecule has 1 aliphatic rings. The Bertz CT molecular complexity index is 1540. The molecule has 4 aromatic rings. The van der Waals surface area contributed by atoms with E-state index in [2.05, 4.69) is 20.0 Å². The van der Waals surface area contributed by atoms with E-state index < -0.39 is 10.0 Å². The number of aromatic nitrogens is 1. The van der Waals surface area contributed by atoms with Crippen molar-refractivity contribution in [2.24, 2.45) is 4.40 Å². The number of nitrogens with zero attached hydrogens (tertiary/aromatic N) is 2. The molecule has 180 valence electrons. The second kappa shape index (κ2) is 10.0. The fourth-order valence-corrected chi connectivity index (χ4v) is 4.88. The molecular formula is C27H22N4O4S. The zero-order valence-electron chi connectivity index (χ0n) is 19.1. The second-order valence-corrected chi connectivity index (χ2v) is 9.63. The zero-order valence-corrected chi connectivity index (χ0v) is 19.9. The predicted molar refractivity (Wildman–Crippen MR) is 136 cm³/mol. The Labute approximate surface area is 208 Å². The number of pyridine rings is 1. The van der Waals surface area contributed by atoms with Crippen LogP contribution in [0.1, 0.15) is 27.2 Å². The summed E-state index contributed by atoms with van der Waals surface area (Å²) in [5.41, 5.74) is 3.35. The average molecular weight is 499 g/mol. The number of hydrogen-bond acceptors (Lipinski definition) is 6. The SMILES string of the molecule is O=C(NCc1cccc(OCc2ccccn2)c1)c1ccc(NC2=NS(=O)(=O)c3ccccc32)cc1. The third kappa shape index (κ3) is 5.26. The van der Waals surface area contributed by atoms with Crippen LogP contribution in [-0.4, -0.2) is 25.1 Å². The molecule has 0 bridgehead atoms. The van der Waals surface area contributed by atoms with Crippen LogP contribution in [-0.2, 0) is 23.2 Å². The Morgan fingerprint density at radius 3 is 2.50 bits per heavy atom. The minimum absolute atomic E-state index is 0.176. The molecule has 0 unspecified atom stereocenters. The van der Waals surface area contributed by atoms with Gasteiger partial charge in [0.2, 0.25) is 0 Å². The summed E-state index contributed by atoms with van der Waals surface area (Å²) < 4.78 is 34.1. The van der Waals surface area contributed by atoms with Crippen molar-refractivity contribution >= 4 is 27.5 Å². The maximum atomic E-state index is 12.6. The Balaban J connectivity index is 1.18. The smallest absolute Gasteiger partial charge is 0.285 e. The third-order valence-electron chi connectivity index (χ3n) is 5.51. The monoisotopic (exact) mass is 498 g/mol. The van der Waals surface area contributed by atoms with Gasteiger partial charge in [-0.25, -0.2) is 0 Å². The highest BCUT2D eigenvalue weighted by atomic mass is 32.2. The van der Waals surface area contributed by atoms with E-state index in [0.29, 0.717) is 35.7 Å². The van der Waals surface area contributed by atoms with Crippen LogP contribution in [0.4, 0.5) is 5.69 Å². The predicted octanol–water partition coefficient (Wildman–Crippen LogP) is 4.15. The van der Waals surface area contributed by atoms with Crippen LogP contribution in [0.2, 0.25) is 0 Å². The number of anilines is 1. The van der Waals surface area contributed by atoms with Gasteiger partial charge in [0.1, 0.15) is 17.3 Å². The van der Waals surface area contributed by atoms with E-state index in [9.17, 15) is 13.2 Å². The first-order valence-electron chi connectivity index (χ1n) is 11.2. The van der Waals surface area contributed by atoms with E-state index in [4.69, 9.17) is 4.74 Å². The van der Waals surface area contributed by atoms with Gasteiger partial charge < -0.3 is 15.4 Å². The average Bonchev–Trinajstić information content (AvgIpc) is 3.17. The first-order chi connectivity index (χ1) is 17.5. The van der Waals surface area contributed by atoms with Gasteiger partial charge in [-0.3, -0.25) is 9.78 Å². The van der Waals surface area contributed by atoms with Crippen molar-refractivity contribution in [3.63, 3.8) is 0 Å². The van der Waals surface area contributed by atoms with Gasteiger partial charge >= 0.3 is 0 Å². The number of nitrogens with one attached hydrogen (secondary N) is 2. The highest BCUT2D eigenvalue weighted by Gasteiger charge is 2.28. The number of fused-ring (bicyclic) bond motifs is 1. The summed E-state index contributed by atoms with van der Waals surface area (Å²) in [4.78, 5) is 17.1. The van der Waals surface area contributed by atoms with Gasteiger partial charge in [0.25, 0.3) is 15.9 Å². The lowest BCUT2D eigenvalue weighted by atomic mass is 10.1. The van der Waals surface area contributed by atoms with Crippen LogP contribution in [0.25, 0.3) is 0 Å². The molecule has 8 nitrogen and oxygen atoms in total. The van der Waals surface area contributed by atoms with Crippen molar-refractivity contribution in [2.45, 2.75) is 18.0 Å². The summed E-state index contributed by atoms with van der Waals surface area (Å²) in [6.07, 6.45) is 1.72. The summed E-state index contributed by atoms with van der Waals surface area (Å²) in [5, 5.41) is 5.93. The van der Waals surface area contributed by atoms with Crippen molar-refractivity contribution in [1.82, 2.24) is 10.3 Å². The Morgan fingerprint density at radius 2 is 1.69 bits per heavy atom. The Morgan fingerprint density at radius 1 is 0.889 bits per heavy atom. The Kier molecular flexibility index (Phi) is 6.46. The molecule has 5 rings (SSSR count). The molecule has 0 saturated heterocycles. The topological polar surface area (TPSA) is 110 Å². The molecule has 1 aliphatic heterocycles. The molecule has 2 heterocycles. The molecule has 1 amide bonds. The molecule has 0 atom stereocenters. The second-order valence-electron chi connectivity index (χ2n) is 8.05. The minimum Gasteiger partial charge on any atom is -0.487 e. The third-order valence-corrected chi connectivity index (χ3v) is 6.84. The molecule has 9 heteroatoms. The van der Waals surface area contributed by atoms with Crippen molar-refractivity contribution in [2.75, 3.05) is 5.32 Å². The number of amides is 1. The highest BCUT2D eigenvalue weighted by Crippen LogP contribution is 2.26. The minimum atomic E-state index is -3.70. The summed E-state index contributed by atoms with van der Waals surface area (Å²) in [6.45, 7) is 0.700. The summed E-state index contributed by atoms with van der Waals surface area (Å²) in [5.74, 6) is 0.724. The number of sulfonamides is 1. The van der Waals surface area contributed by atoms with Crippen molar-refractivity contribution in [3.05, 3.63) is 120 Å². The fourth-order valence-electron chi connectivity index (χ4n) is 3.71. The van der Waals surface area contributed by atoms with Gasteiger partial charge in [0.15, 0.2) is 5.84 Å². The largest absolute Gasteiger partial charge is 0.487 e. The first kappa shape index (κ1) is 23.3. The number of carbonyl (C=O) groups is 1. The van der Waals surface area contributed by atoms with E-state index >= 15 is 0 Å². The molecule has 0 radical (unpaired) electrons. The van der Waals surface area contributed by atoms with Crippen LogP contribution in [0.3, 0.4) is 0 Å². The van der Waals surface area contributed by atoms with Crippen LogP contribution in [0.5, 0.6) is 5.75 Å². The van der Waals surface area contributed by atoms with Gasteiger partial charge in [0.05, 0.1) is 5.69 Å². The molecule has 0 spiro atoms. The van der Waals surface area contributed by atoms with Crippen molar-refractivity contribution in [1.29, 1.82) is 0 Å². The van der Waals surface area contributed by atoms with Crippen LogP contribution >= 0.6 is 0 Å². The van der Waals surface area contributed by atoms with E-state index in [-0.39, 0.29) is 16.6 Å². The van der Waals surface area contributed by atoms with E-state index in [1.54, 1.807) is 48.7 Å². The normalized spacial score (nSPS) is 13.4.